The minimum Gasteiger partial charge on any atom is -0.440 e. The molecule has 1 atom stereocenters. The molecule has 0 bridgehead atoms. The molecule has 1 saturated heterocycles. The van der Waals surface area contributed by atoms with Gasteiger partial charge in [0.05, 0.1) is 19.3 Å². The van der Waals surface area contributed by atoms with Crippen molar-refractivity contribution in [3.63, 3.8) is 0 Å². The van der Waals surface area contributed by atoms with Crippen LogP contribution in [-0.2, 0) is 16.0 Å². The lowest BCUT2D eigenvalue weighted by Gasteiger charge is -2.35. The van der Waals surface area contributed by atoms with Crippen molar-refractivity contribution < 1.29 is 18.3 Å². The minimum atomic E-state index is -0.274. The summed E-state index contributed by atoms with van der Waals surface area (Å²) in [5, 5.41) is 3.06. The van der Waals surface area contributed by atoms with E-state index < -0.39 is 0 Å². The van der Waals surface area contributed by atoms with Gasteiger partial charge in [-0.2, -0.15) is 0 Å². The Morgan fingerprint density at radius 1 is 0.919 bits per heavy atom. The highest BCUT2D eigenvalue weighted by atomic mass is 19.1. The zero-order valence-electron chi connectivity index (χ0n) is 20.6. The smallest absolute Gasteiger partial charge is 0.220 e. The SMILES string of the molecule is O=C(CCc1nc(-c2ccccc2)c(-c2ccccc2)o1)NC[C@H](c1ccc(F)cc1)N1CCOCC1. The van der Waals surface area contributed by atoms with Crippen LogP contribution in [0.25, 0.3) is 22.6 Å². The number of morpholine rings is 1. The molecule has 0 spiro atoms. The van der Waals surface area contributed by atoms with Gasteiger partial charge in [-0.3, -0.25) is 9.69 Å². The first kappa shape index (κ1) is 24.9. The van der Waals surface area contributed by atoms with Crippen LogP contribution in [0, 0.1) is 5.82 Å². The zero-order valence-corrected chi connectivity index (χ0v) is 20.6. The fourth-order valence-corrected chi connectivity index (χ4v) is 4.60. The number of nitrogens with zero attached hydrogens (tertiary/aromatic N) is 2. The molecule has 1 amide bonds. The number of amides is 1. The van der Waals surface area contributed by atoms with Gasteiger partial charge in [0, 0.05) is 43.6 Å². The average Bonchev–Trinajstić information content (AvgIpc) is 3.39. The molecular formula is C30H30FN3O3. The fraction of sp³-hybridized carbons (Fsp3) is 0.267. The number of hydrogen-bond donors (Lipinski definition) is 1. The largest absolute Gasteiger partial charge is 0.440 e. The molecule has 0 unspecified atom stereocenters. The second-order valence-electron chi connectivity index (χ2n) is 9.04. The summed E-state index contributed by atoms with van der Waals surface area (Å²) in [7, 11) is 0. The van der Waals surface area contributed by atoms with Crippen LogP contribution >= 0.6 is 0 Å². The van der Waals surface area contributed by atoms with Crippen molar-refractivity contribution in [2.45, 2.75) is 18.9 Å². The molecule has 1 N–H and O–H groups in total. The molecule has 1 aliphatic rings. The van der Waals surface area contributed by atoms with Crippen LogP contribution in [0.3, 0.4) is 0 Å². The summed E-state index contributed by atoms with van der Waals surface area (Å²) in [4.78, 5) is 19.9. The molecule has 2 heterocycles. The third kappa shape index (κ3) is 6.31. The number of aryl methyl sites for hydroxylation is 1. The highest BCUT2D eigenvalue weighted by molar-refractivity contribution is 5.78. The summed E-state index contributed by atoms with van der Waals surface area (Å²) < 4.78 is 25.1. The third-order valence-corrected chi connectivity index (χ3v) is 6.55. The number of halogens is 1. The maximum atomic E-state index is 13.5. The van der Waals surface area contributed by atoms with Gasteiger partial charge < -0.3 is 14.5 Å². The Morgan fingerprint density at radius 3 is 2.24 bits per heavy atom. The van der Waals surface area contributed by atoms with E-state index in [-0.39, 0.29) is 24.2 Å². The monoisotopic (exact) mass is 499 g/mol. The van der Waals surface area contributed by atoms with Gasteiger partial charge in [0.1, 0.15) is 11.5 Å². The molecule has 3 aromatic carbocycles. The number of nitrogens with one attached hydrogen (secondary N) is 1. The summed E-state index contributed by atoms with van der Waals surface area (Å²) in [5.41, 5.74) is 3.65. The zero-order chi connectivity index (χ0) is 25.5. The number of carbonyl (C=O) groups is 1. The van der Waals surface area contributed by atoms with E-state index in [1.54, 1.807) is 12.1 Å². The van der Waals surface area contributed by atoms with Gasteiger partial charge in [-0.05, 0) is 17.7 Å². The Balaban J connectivity index is 1.26. The molecule has 5 rings (SSSR count). The van der Waals surface area contributed by atoms with Gasteiger partial charge >= 0.3 is 0 Å². The Morgan fingerprint density at radius 2 is 1.57 bits per heavy atom. The Kier molecular flexibility index (Phi) is 8.03. The van der Waals surface area contributed by atoms with Crippen LogP contribution in [0.4, 0.5) is 4.39 Å². The van der Waals surface area contributed by atoms with Crippen molar-refractivity contribution in [1.29, 1.82) is 0 Å². The van der Waals surface area contributed by atoms with Crippen molar-refractivity contribution in [1.82, 2.24) is 15.2 Å². The molecule has 1 fully saturated rings. The van der Waals surface area contributed by atoms with Crippen molar-refractivity contribution in [2.24, 2.45) is 0 Å². The second-order valence-corrected chi connectivity index (χ2v) is 9.04. The first-order valence-electron chi connectivity index (χ1n) is 12.6. The molecule has 1 aromatic heterocycles. The predicted molar refractivity (Wildman–Crippen MR) is 140 cm³/mol. The lowest BCUT2D eigenvalue weighted by molar-refractivity contribution is -0.121. The van der Waals surface area contributed by atoms with Gasteiger partial charge in [0.15, 0.2) is 11.7 Å². The van der Waals surface area contributed by atoms with Crippen molar-refractivity contribution in [3.8, 4) is 22.6 Å². The summed E-state index contributed by atoms with van der Waals surface area (Å²) >= 11 is 0. The summed E-state index contributed by atoms with van der Waals surface area (Å²) in [6.45, 7) is 3.24. The average molecular weight is 500 g/mol. The first-order valence-corrected chi connectivity index (χ1v) is 12.6. The quantitative estimate of drug-likeness (QED) is 0.340. The Hall–Kier alpha value is -3.81. The second kappa shape index (κ2) is 12.0. The fourth-order valence-electron chi connectivity index (χ4n) is 4.60. The maximum absolute atomic E-state index is 13.5. The topological polar surface area (TPSA) is 67.6 Å². The Labute approximate surface area is 216 Å². The normalized spacial score (nSPS) is 14.8. The summed E-state index contributed by atoms with van der Waals surface area (Å²) in [6, 6.07) is 26.2. The molecule has 6 nitrogen and oxygen atoms in total. The molecular weight excluding hydrogens is 469 g/mol. The van der Waals surface area contributed by atoms with Crippen molar-refractivity contribution in [2.75, 3.05) is 32.8 Å². The van der Waals surface area contributed by atoms with Gasteiger partial charge in [-0.15, -0.1) is 0 Å². The number of ether oxygens (including phenoxy) is 1. The molecule has 4 aromatic rings. The number of rotatable bonds is 9. The molecule has 37 heavy (non-hydrogen) atoms. The third-order valence-electron chi connectivity index (χ3n) is 6.55. The van der Waals surface area contributed by atoms with Crippen LogP contribution < -0.4 is 5.32 Å². The van der Waals surface area contributed by atoms with Crippen molar-refractivity contribution >= 4 is 5.91 Å². The van der Waals surface area contributed by atoms with E-state index in [0.29, 0.717) is 37.8 Å². The van der Waals surface area contributed by atoms with Crippen LogP contribution in [0.2, 0.25) is 0 Å². The lowest BCUT2D eigenvalue weighted by atomic mass is 10.0. The van der Waals surface area contributed by atoms with E-state index in [9.17, 15) is 9.18 Å². The summed E-state index contributed by atoms with van der Waals surface area (Å²) in [5.74, 6) is 0.868. The van der Waals surface area contributed by atoms with Gasteiger partial charge in [-0.1, -0.05) is 72.8 Å². The molecule has 7 heteroatoms. The molecule has 1 aliphatic heterocycles. The van der Waals surface area contributed by atoms with E-state index >= 15 is 0 Å². The highest BCUT2D eigenvalue weighted by Crippen LogP contribution is 2.33. The van der Waals surface area contributed by atoms with E-state index in [1.165, 1.54) is 12.1 Å². The molecule has 0 aliphatic carbocycles. The van der Waals surface area contributed by atoms with Crippen LogP contribution in [-0.4, -0.2) is 48.6 Å². The standard InChI is InChI=1S/C30H30FN3O3/c31-25-13-11-22(12-14-25)26(34-17-19-36-20-18-34)21-32-27(35)15-16-28-33-29(23-7-3-1-4-8-23)30(37-28)24-9-5-2-6-10-24/h1-14,26H,15-21H2,(H,32,35)/t26-/m1/s1. The molecule has 190 valence electrons. The van der Waals surface area contributed by atoms with Crippen LogP contribution in [0.1, 0.15) is 23.9 Å². The number of oxazole rings is 1. The Bertz CT molecular complexity index is 1230. The van der Waals surface area contributed by atoms with E-state index in [0.717, 1.165) is 35.5 Å². The van der Waals surface area contributed by atoms with Crippen LogP contribution in [0.15, 0.2) is 89.3 Å². The number of aromatic nitrogens is 1. The van der Waals surface area contributed by atoms with Crippen LogP contribution in [0.5, 0.6) is 0 Å². The lowest BCUT2D eigenvalue weighted by Crippen LogP contribution is -2.43. The van der Waals surface area contributed by atoms with Gasteiger partial charge in [-0.25, -0.2) is 9.37 Å². The summed E-state index contributed by atoms with van der Waals surface area (Å²) in [6.07, 6.45) is 0.638. The number of hydrogen-bond acceptors (Lipinski definition) is 5. The maximum Gasteiger partial charge on any atom is 0.220 e. The van der Waals surface area contributed by atoms with E-state index in [4.69, 9.17) is 14.1 Å². The number of benzene rings is 3. The van der Waals surface area contributed by atoms with E-state index in [1.807, 2.05) is 60.7 Å². The predicted octanol–water partition coefficient (Wildman–Crippen LogP) is 5.27. The van der Waals surface area contributed by atoms with E-state index in [2.05, 4.69) is 10.2 Å². The van der Waals surface area contributed by atoms with Crippen molar-refractivity contribution in [3.05, 3.63) is 102 Å². The molecule has 0 radical (unpaired) electrons. The van der Waals surface area contributed by atoms with Gasteiger partial charge in [0.2, 0.25) is 5.91 Å². The van der Waals surface area contributed by atoms with Gasteiger partial charge in [0.25, 0.3) is 0 Å². The molecule has 0 saturated carbocycles. The minimum absolute atomic E-state index is 0.0513. The highest BCUT2D eigenvalue weighted by Gasteiger charge is 2.24. The first-order chi connectivity index (χ1) is 18.2. The number of carbonyl (C=O) groups excluding carboxylic acids is 1.